The highest BCUT2D eigenvalue weighted by Gasteiger charge is 2.30. The minimum atomic E-state index is -0.499. The van der Waals surface area contributed by atoms with Gasteiger partial charge in [-0.2, -0.15) is 4.98 Å². The molecule has 1 saturated heterocycles. The third-order valence-corrected chi connectivity index (χ3v) is 4.90. The topological polar surface area (TPSA) is 104 Å². The van der Waals surface area contributed by atoms with Crippen molar-refractivity contribution in [2.75, 3.05) is 33.2 Å². The lowest BCUT2D eigenvalue weighted by Gasteiger charge is -2.36. The van der Waals surface area contributed by atoms with Crippen molar-refractivity contribution in [3.63, 3.8) is 0 Å². The summed E-state index contributed by atoms with van der Waals surface area (Å²) in [6, 6.07) is 11.7. The van der Waals surface area contributed by atoms with Crippen LogP contribution in [0.25, 0.3) is 11.5 Å². The zero-order valence-electron chi connectivity index (χ0n) is 15.1. The number of nitrogens with one attached hydrogen (secondary N) is 1. The number of rotatable bonds is 5. The first-order valence-corrected chi connectivity index (χ1v) is 8.91. The first-order valence-electron chi connectivity index (χ1n) is 8.91. The summed E-state index contributed by atoms with van der Waals surface area (Å²) in [6.07, 6.45) is 1.54. The van der Waals surface area contributed by atoms with Gasteiger partial charge in [-0.1, -0.05) is 35.5 Å². The van der Waals surface area contributed by atoms with Crippen LogP contribution in [0.3, 0.4) is 0 Å². The van der Waals surface area contributed by atoms with Gasteiger partial charge in [0.05, 0.1) is 11.3 Å². The van der Waals surface area contributed by atoms with Gasteiger partial charge in [0.15, 0.2) is 0 Å². The molecule has 3 aromatic rings. The van der Waals surface area contributed by atoms with Gasteiger partial charge in [-0.3, -0.25) is 9.69 Å². The zero-order valence-corrected chi connectivity index (χ0v) is 15.1. The predicted molar refractivity (Wildman–Crippen MR) is 100.0 cm³/mol. The Labute approximate surface area is 157 Å². The average molecular weight is 366 g/mol. The Morgan fingerprint density at radius 3 is 2.63 bits per heavy atom. The second kappa shape index (κ2) is 7.34. The summed E-state index contributed by atoms with van der Waals surface area (Å²) in [5, 5.41) is 4.11. The van der Waals surface area contributed by atoms with Gasteiger partial charge in [-0.25, -0.2) is 0 Å². The molecular formula is C19H22N6O2. The SMILES string of the molecule is CN1CCN(C(c2ccccc2)c2nc(-c3cc(C(N)=O)c[nH]3)no2)CC1. The molecule has 27 heavy (non-hydrogen) atoms. The molecule has 2 aromatic heterocycles. The molecule has 0 bridgehead atoms. The molecule has 8 heteroatoms. The Balaban J connectivity index is 1.66. The normalized spacial score (nSPS) is 17.1. The Kier molecular flexibility index (Phi) is 4.74. The summed E-state index contributed by atoms with van der Waals surface area (Å²) in [5.41, 5.74) is 7.41. The smallest absolute Gasteiger partial charge is 0.250 e. The third-order valence-electron chi connectivity index (χ3n) is 4.90. The molecule has 1 fully saturated rings. The number of aromatic amines is 1. The molecule has 1 unspecified atom stereocenters. The molecule has 0 spiro atoms. The quantitative estimate of drug-likeness (QED) is 0.709. The monoisotopic (exact) mass is 366 g/mol. The van der Waals surface area contributed by atoms with E-state index in [1.807, 2.05) is 18.2 Å². The summed E-state index contributed by atoms with van der Waals surface area (Å²) in [4.78, 5) is 23.6. The van der Waals surface area contributed by atoms with E-state index in [1.54, 1.807) is 12.3 Å². The van der Waals surface area contributed by atoms with E-state index in [4.69, 9.17) is 10.3 Å². The molecule has 0 aliphatic carbocycles. The van der Waals surface area contributed by atoms with Gasteiger partial charge in [-0.15, -0.1) is 0 Å². The van der Waals surface area contributed by atoms with Gasteiger partial charge >= 0.3 is 0 Å². The Bertz CT molecular complexity index is 911. The van der Waals surface area contributed by atoms with Gasteiger partial charge in [0.2, 0.25) is 17.6 Å². The number of hydrogen-bond acceptors (Lipinski definition) is 6. The summed E-state index contributed by atoms with van der Waals surface area (Å²) in [5.74, 6) is 0.448. The first-order chi connectivity index (χ1) is 13.1. The van der Waals surface area contributed by atoms with Crippen molar-refractivity contribution < 1.29 is 9.32 Å². The van der Waals surface area contributed by atoms with Gasteiger partial charge in [-0.05, 0) is 18.7 Å². The van der Waals surface area contributed by atoms with Crippen LogP contribution in [0, 0.1) is 0 Å². The van der Waals surface area contributed by atoms with Crippen LogP contribution >= 0.6 is 0 Å². The lowest BCUT2D eigenvalue weighted by atomic mass is 10.0. The Hall–Kier alpha value is -2.97. The van der Waals surface area contributed by atoms with Crippen molar-refractivity contribution in [1.82, 2.24) is 24.9 Å². The standard InChI is InChI=1S/C19H22N6O2/c1-24-7-9-25(10-8-24)16(13-5-3-2-4-6-13)19-22-18(23-27-19)15-11-14(12-21-15)17(20)26/h2-6,11-12,16,21H,7-10H2,1H3,(H2,20,26). The summed E-state index contributed by atoms with van der Waals surface area (Å²) in [6.45, 7) is 3.82. The number of nitrogens with two attached hydrogens (primary N) is 1. The van der Waals surface area contributed by atoms with E-state index in [-0.39, 0.29) is 6.04 Å². The molecule has 0 saturated carbocycles. The van der Waals surface area contributed by atoms with E-state index < -0.39 is 5.91 Å². The van der Waals surface area contributed by atoms with Crippen molar-refractivity contribution in [3.05, 3.63) is 59.6 Å². The van der Waals surface area contributed by atoms with Crippen LogP contribution in [-0.2, 0) is 0 Å². The number of H-pyrrole nitrogens is 1. The molecule has 1 amide bonds. The molecule has 0 radical (unpaired) electrons. The number of carbonyl (C=O) groups is 1. The fourth-order valence-electron chi connectivity index (χ4n) is 3.35. The molecule has 1 atom stereocenters. The number of aromatic nitrogens is 3. The fourth-order valence-corrected chi connectivity index (χ4v) is 3.35. The third kappa shape index (κ3) is 3.62. The van der Waals surface area contributed by atoms with Crippen LogP contribution in [0.5, 0.6) is 0 Å². The van der Waals surface area contributed by atoms with E-state index >= 15 is 0 Å². The maximum Gasteiger partial charge on any atom is 0.250 e. The highest BCUT2D eigenvalue weighted by atomic mass is 16.5. The van der Waals surface area contributed by atoms with Crippen molar-refractivity contribution in [1.29, 1.82) is 0 Å². The van der Waals surface area contributed by atoms with E-state index in [0.29, 0.717) is 23.0 Å². The van der Waals surface area contributed by atoms with Crippen LogP contribution in [-0.4, -0.2) is 64.1 Å². The lowest BCUT2D eigenvalue weighted by Crippen LogP contribution is -2.46. The van der Waals surface area contributed by atoms with Gasteiger partial charge in [0, 0.05) is 32.4 Å². The number of benzene rings is 1. The van der Waals surface area contributed by atoms with E-state index in [9.17, 15) is 4.79 Å². The summed E-state index contributed by atoms with van der Waals surface area (Å²) >= 11 is 0. The van der Waals surface area contributed by atoms with E-state index in [0.717, 1.165) is 31.7 Å². The van der Waals surface area contributed by atoms with Crippen molar-refractivity contribution in [2.45, 2.75) is 6.04 Å². The highest BCUT2D eigenvalue weighted by Crippen LogP contribution is 2.29. The van der Waals surface area contributed by atoms with Gasteiger partial charge in [0.1, 0.15) is 6.04 Å². The lowest BCUT2D eigenvalue weighted by molar-refractivity contribution is 0.100. The number of amides is 1. The molecule has 3 N–H and O–H groups in total. The molecular weight excluding hydrogens is 344 g/mol. The van der Waals surface area contributed by atoms with E-state index in [2.05, 4.69) is 44.1 Å². The predicted octanol–water partition coefficient (Wildman–Crippen LogP) is 1.50. The van der Waals surface area contributed by atoms with Gasteiger partial charge < -0.3 is 20.1 Å². The minimum absolute atomic E-state index is 0.105. The van der Waals surface area contributed by atoms with Gasteiger partial charge in [0.25, 0.3) is 0 Å². The van der Waals surface area contributed by atoms with Crippen LogP contribution in [0.1, 0.15) is 27.9 Å². The van der Waals surface area contributed by atoms with Crippen LogP contribution in [0.2, 0.25) is 0 Å². The second-order valence-corrected chi connectivity index (χ2v) is 6.77. The highest BCUT2D eigenvalue weighted by molar-refractivity contribution is 5.93. The van der Waals surface area contributed by atoms with Crippen molar-refractivity contribution in [2.24, 2.45) is 5.73 Å². The van der Waals surface area contributed by atoms with Crippen molar-refractivity contribution in [3.8, 4) is 11.5 Å². The zero-order chi connectivity index (χ0) is 18.8. The van der Waals surface area contributed by atoms with Crippen LogP contribution in [0.15, 0.2) is 47.1 Å². The molecule has 1 aliphatic rings. The summed E-state index contributed by atoms with van der Waals surface area (Å²) in [7, 11) is 2.13. The molecule has 3 heterocycles. The van der Waals surface area contributed by atoms with Crippen LogP contribution < -0.4 is 5.73 Å². The summed E-state index contributed by atoms with van der Waals surface area (Å²) < 4.78 is 5.63. The molecule has 8 nitrogen and oxygen atoms in total. The maximum atomic E-state index is 11.3. The maximum absolute atomic E-state index is 11.3. The van der Waals surface area contributed by atoms with Crippen molar-refractivity contribution >= 4 is 5.91 Å². The molecule has 1 aliphatic heterocycles. The molecule has 1 aromatic carbocycles. The van der Waals surface area contributed by atoms with E-state index in [1.165, 1.54) is 0 Å². The Morgan fingerprint density at radius 1 is 1.22 bits per heavy atom. The number of piperazine rings is 1. The number of likely N-dealkylation sites (N-methyl/N-ethyl adjacent to an activating group) is 1. The first kappa shape index (κ1) is 17.4. The fraction of sp³-hybridized carbons (Fsp3) is 0.316. The minimum Gasteiger partial charge on any atom is -0.366 e. The number of hydrogen-bond donors (Lipinski definition) is 2. The molecule has 4 rings (SSSR count). The Morgan fingerprint density at radius 2 is 1.96 bits per heavy atom. The molecule has 140 valence electrons. The average Bonchev–Trinajstić information content (AvgIpc) is 3.34. The number of nitrogens with zero attached hydrogens (tertiary/aromatic N) is 4. The van der Waals surface area contributed by atoms with Crippen LogP contribution in [0.4, 0.5) is 0 Å². The number of carbonyl (C=O) groups excluding carboxylic acids is 1. The largest absolute Gasteiger partial charge is 0.366 e. The second-order valence-electron chi connectivity index (χ2n) is 6.77. The number of primary amides is 1.